The first-order valence-corrected chi connectivity index (χ1v) is 8.80. The van der Waals surface area contributed by atoms with Gasteiger partial charge in [-0.2, -0.15) is 0 Å². The van der Waals surface area contributed by atoms with Crippen LogP contribution in [0.25, 0.3) is 0 Å². The molecule has 1 aromatic rings. The zero-order chi connectivity index (χ0) is 14.9. The van der Waals surface area contributed by atoms with Crippen LogP contribution < -0.4 is 10.0 Å². The number of fused-ring (bicyclic) bond motifs is 2. The first-order valence-electron chi connectivity index (χ1n) is 7.32. The Labute approximate surface area is 124 Å². The molecule has 0 spiro atoms. The minimum Gasteiger partial charge on any atom is -0.373 e. The Kier molecular flexibility index (Phi) is 4.10. The summed E-state index contributed by atoms with van der Waals surface area (Å²) in [6, 6.07) is -0.133. The van der Waals surface area contributed by atoms with Crippen LogP contribution in [0.4, 0.5) is 5.95 Å². The Morgan fingerprint density at radius 1 is 1.33 bits per heavy atom. The number of hydrogen-bond acceptors (Lipinski definition) is 6. The summed E-state index contributed by atoms with van der Waals surface area (Å²) in [7, 11) is -3.59. The molecule has 0 amide bonds. The zero-order valence-corrected chi connectivity index (χ0v) is 12.8. The summed E-state index contributed by atoms with van der Waals surface area (Å²) in [5.41, 5.74) is 0. The molecule has 2 bridgehead atoms. The molecule has 3 atom stereocenters. The molecule has 0 aliphatic carbocycles. The van der Waals surface area contributed by atoms with E-state index >= 15 is 0 Å². The average molecular weight is 312 g/mol. The van der Waals surface area contributed by atoms with E-state index in [1.807, 2.05) is 6.92 Å². The lowest BCUT2D eigenvalue weighted by atomic mass is 9.96. The highest BCUT2D eigenvalue weighted by Crippen LogP contribution is 2.34. The summed E-state index contributed by atoms with van der Waals surface area (Å²) in [5, 5.41) is 3.01. The highest BCUT2D eigenvalue weighted by molar-refractivity contribution is 7.89. The van der Waals surface area contributed by atoms with Crippen LogP contribution in [0.3, 0.4) is 0 Å². The molecule has 1 aromatic heterocycles. The largest absolute Gasteiger partial charge is 0.373 e. The molecule has 3 rings (SSSR count). The Morgan fingerprint density at radius 3 is 2.67 bits per heavy atom. The zero-order valence-electron chi connectivity index (χ0n) is 11.9. The smallest absolute Gasteiger partial charge is 0.243 e. The number of hydrogen-bond donors (Lipinski definition) is 2. The van der Waals surface area contributed by atoms with Crippen molar-refractivity contribution in [2.45, 2.75) is 55.8 Å². The van der Waals surface area contributed by atoms with Crippen molar-refractivity contribution >= 4 is 16.0 Å². The van der Waals surface area contributed by atoms with Gasteiger partial charge in [0.2, 0.25) is 16.0 Å². The summed E-state index contributed by atoms with van der Waals surface area (Å²) in [5.74, 6) is 0.444. The molecule has 8 heteroatoms. The number of sulfonamides is 1. The third-order valence-corrected chi connectivity index (χ3v) is 5.33. The Hall–Kier alpha value is -1.25. The van der Waals surface area contributed by atoms with Crippen molar-refractivity contribution in [3.05, 3.63) is 12.4 Å². The molecule has 2 saturated heterocycles. The Balaban J connectivity index is 1.67. The van der Waals surface area contributed by atoms with Crippen molar-refractivity contribution in [2.24, 2.45) is 0 Å². The standard InChI is InChI=1S/C13H20N4O3S/c1-2-5-14-13-15-7-10(8-16-13)21(18,19)17-11-6-9-3-4-12(11)20-9/h7-9,11-12,17H,2-6H2,1H3,(H,14,15,16). The molecule has 2 aliphatic rings. The monoisotopic (exact) mass is 312 g/mol. The van der Waals surface area contributed by atoms with Crippen LogP contribution in [-0.4, -0.2) is 43.2 Å². The molecule has 0 radical (unpaired) electrons. The fourth-order valence-electron chi connectivity index (χ4n) is 2.81. The molecular weight excluding hydrogens is 292 g/mol. The molecule has 2 aliphatic heterocycles. The predicted octanol–water partition coefficient (Wildman–Crippen LogP) is 0.897. The lowest BCUT2D eigenvalue weighted by molar-refractivity contribution is 0.0996. The number of nitrogens with one attached hydrogen (secondary N) is 2. The van der Waals surface area contributed by atoms with Crippen LogP contribution in [0.1, 0.15) is 32.6 Å². The summed E-state index contributed by atoms with van der Waals surface area (Å²) >= 11 is 0. The summed E-state index contributed by atoms with van der Waals surface area (Å²) < 4.78 is 33.0. The van der Waals surface area contributed by atoms with Gasteiger partial charge in [0, 0.05) is 6.54 Å². The van der Waals surface area contributed by atoms with E-state index in [9.17, 15) is 8.42 Å². The molecule has 7 nitrogen and oxygen atoms in total. The SMILES string of the molecule is CCCNc1ncc(S(=O)(=O)NC2CC3CCC2O3)cn1. The maximum Gasteiger partial charge on any atom is 0.243 e. The fraction of sp³-hybridized carbons (Fsp3) is 0.692. The summed E-state index contributed by atoms with van der Waals surface area (Å²) in [6.07, 6.45) is 6.55. The quantitative estimate of drug-likeness (QED) is 0.810. The van der Waals surface area contributed by atoms with Crippen LogP contribution >= 0.6 is 0 Å². The van der Waals surface area contributed by atoms with Crippen molar-refractivity contribution < 1.29 is 13.2 Å². The van der Waals surface area contributed by atoms with Gasteiger partial charge in [0.05, 0.1) is 30.6 Å². The third-order valence-electron chi connectivity index (χ3n) is 3.88. The van der Waals surface area contributed by atoms with Gasteiger partial charge in [0.15, 0.2) is 0 Å². The number of anilines is 1. The van der Waals surface area contributed by atoms with Crippen LogP contribution in [0, 0.1) is 0 Å². The molecule has 2 fully saturated rings. The van der Waals surface area contributed by atoms with Gasteiger partial charge in [-0.1, -0.05) is 6.92 Å². The first kappa shape index (κ1) is 14.7. The Morgan fingerprint density at radius 2 is 2.10 bits per heavy atom. The van der Waals surface area contributed by atoms with Crippen LogP contribution in [-0.2, 0) is 14.8 Å². The summed E-state index contributed by atoms with van der Waals surface area (Å²) in [4.78, 5) is 8.15. The average Bonchev–Trinajstić information content (AvgIpc) is 3.07. The highest BCUT2D eigenvalue weighted by atomic mass is 32.2. The molecule has 3 unspecified atom stereocenters. The van der Waals surface area contributed by atoms with Gasteiger partial charge in [-0.25, -0.2) is 23.1 Å². The van der Waals surface area contributed by atoms with Crippen molar-refractivity contribution in [3.63, 3.8) is 0 Å². The molecule has 3 heterocycles. The van der Waals surface area contributed by atoms with E-state index in [0.29, 0.717) is 5.95 Å². The van der Waals surface area contributed by atoms with E-state index in [1.54, 1.807) is 0 Å². The van der Waals surface area contributed by atoms with E-state index in [0.717, 1.165) is 32.2 Å². The second kappa shape index (κ2) is 5.86. The van der Waals surface area contributed by atoms with Crippen molar-refractivity contribution in [1.82, 2.24) is 14.7 Å². The van der Waals surface area contributed by atoms with Crippen molar-refractivity contribution in [1.29, 1.82) is 0 Å². The van der Waals surface area contributed by atoms with E-state index in [-0.39, 0.29) is 23.1 Å². The second-order valence-corrected chi connectivity index (χ2v) is 7.22. The lowest BCUT2D eigenvalue weighted by Crippen LogP contribution is -2.41. The fourth-order valence-corrected chi connectivity index (χ4v) is 3.98. The number of rotatable bonds is 6. The molecule has 2 N–H and O–H groups in total. The van der Waals surface area contributed by atoms with E-state index in [2.05, 4.69) is 20.0 Å². The van der Waals surface area contributed by atoms with Gasteiger partial charge in [-0.05, 0) is 25.7 Å². The van der Waals surface area contributed by atoms with Crippen LogP contribution in [0.2, 0.25) is 0 Å². The van der Waals surface area contributed by atoms with Crippen molar-refractivity contribution in [2.75, 3.05) is 11.9 Å². The number of ether oxygens (including phenoxy) is 1. The maximum absolute atomic E-state index is 12.3. The van der Waals surface area contributed by atoms with Crippen molar-refractivity contribution in [3.8, 4) is 0 Å². The van der Waals surface area contributed by atoms with Gasteiger partial charge in [-0.3, -0.25) is 0 Å². The number of aromatic nitrogens is 2. The highest BCUT2D eigenvalue weighted by Gasteiger charge is 2.42. The van der Waals surface area contributed by atoms with E-state index in [4.69, 9.17) is 4.74 Å². The first-order chi connectivity index (χ1) is 10.1. The molecule has 21 heavy (non-hydrogen) atoms. The van der Waals surface area contributed by atoms with E-state index in [1.165, 1.54) is 12.4 Å². The lowest BCUT2D eigenvalue weighted by Gasteiger charge is -2.19. The molecule has 0 aromatic carbocycles. The predicted molar refractivity (Wildman–Crippen MR) is 77.4 cm³/mol. The van der Waals surface area contributed by atoms with Gasteiger partial charge in [-0.15, -0.1) is 0 Å². The van der Waals surface area contributed by atoms with Gasteiger partial charge < -0.3 is 10.1 Å². The van der Waals surface area contributed by atoms with Crippen LogP contribution in [0.15, 0.2) is 17.3 Å². The second-order valence-electron chi connectivity index (χ2n) is 5.51. The normalized spacial score (nSPS) is 28.0. The Bertz CT molecular complexity index is 590. The molecule has 0 saturated carbocycles. The van der Waals surface area contributed by atoms with E-state index < -0.39 is 10.0 Å². The molecule has 116 valence electrons. The van der Waals surface area contributed by atoms with Gasteiger partial charge >= 0.3 is 0 Å². The minimum atomic E-state index is -3.59. The topological polar surface area (TPSA) is 93.2 Å². The number of nitrogens with zero attached hydrogens (tertiary/aromatic N) is 2. The van der Waals surface area contributed by atoms with Gasteiger partial charge in [0.1, 0.15) is 4.90 Å². The minimum absolute atomic E-state index is 0.0104. The van der Waals surface area contributed by atoms with Gasteiger partial charge in [0.25, 0.3) is 0 Å². The van der Waals surface area contributed by atoms with Crippen LogP contribution in [0.5, 0.6) is 0 Å². The molecular formula is C13H20N4O3S. The third kappa shape index (κ3) is 3.17. The maximum atomic E-state index is 12.3. The summed E-state index contributed by atoms with van der Waals surface area (Å²) in [6.45, 7) is 2.79.